The van der Waals surface area contributed by atoms with Crippen LogP contribution in [-0.2, 0) is 20.8 Å². The Labute approximate surface area is 174 Å². The largest absolute Gasteiger partial charge is 0.465 e. The number of hydrogen-bond acceptors (Lipinski definition) is 9. The lowest BCUT2D eigenvalue weighted by Crippen LogP contribution is -2.20. The summed E-state index contributed by atoms with van der Waals surface area (Å²) in [5, 5.41) is 4.59. The fourth-order valence-corrected chi connectivity index (χ4v) is 3.18. The summed E-state index contributed by atoms with van der Waals surface area (Å²) in [6, 6.07) is 5.90. The molecule has 0 unspecified atom stereocenters. The van der Waals surface area contributed by atoms with Gasteiger partial charge in [0.25, 0.3) is 11.3 Å². The molecule has 158 valence electrons. The normalized spacial score (nSPS) is 11.1. The second kappa shape index (κ2) is 7.95. The minimum atomic E-state index is -0.655. The predicted octanol–water partition coefficient (Wildman–Crippen LogP) is 1.15. The number of esters is 2. The maximum absolute atomic E-state index is 13.2. The highest BCUT2D eigenvalue weighted by Gasteiger charge is 2.17. The van der Waals surface area contributed by atoms with E-state index >= 15 is 0 Å². The zero-order valence-electron chi connectivity index (χ0n) is 16.9. The molecule has 0 aliphatic rings. The molecule has 0 saturated carbocycles. The van der Waals surface area contributed by atoms with Crippen LogP contribution in [0.3, 0.4) is 0 Å². The molecule has 0 bridgehead atoms. The number of ether oxygens (including phenoxy) is 3. The number of nitrogens with zero attached hydrogens (tertiary/aromatic N) is 5. The summed E-state index contributed by atoms with van der Waals surface area (Å²) in [4.78, 5) is 45.8. The number of aromatic nitrogens is 5. The van der Waals surface area contributed by atoms with Gasteiger partial charge in [0.05, 0.1) is 41.9 Å². The van der Waals surface area contributed by atoms with Crippen LogP contribution >= 0.6 is 0 Å². The van der Waals surface area contributed by atoms with E-state index in [1.165, 1.54) is 61.0 Å². The Bertz CT molecular complexity index is 1360. The van der Waals surface area contributed by atoms with Crippen LogP contribution in [0.15, 0.2) is 41.5 Å². The molecule has 0 amide bonds. The highest BCUT2D eigenvalue weighted by molar-refractivity contribution is 5.96. The summed E-state index contributed by atoms with van der Waals surface area (Å²) < 4.78 is 17.3. The van der Waals surface area contributed by atoms with Crippen molar-refractivity contribution in [1.82, 2.24) is 24.1 Å². The van der Waals surface area contributed by atoms with Gasteiger partial charge in [-0.2, -0.15) is 9.50 Å². The predicted molar refractivity (Wildman–Crippen MR) is 107 cm³/mol. The number of hydrogen-bond donors (Lipinski definition) is 0. The fraction of sp³-hybridized carbons (Fsp3) is 0.200. The van der Waals surface area contributed by atoms with Crippen molar-refractivity contribution in [2.75, 3.05) is 21.3 Å². The van der Waals surface area contributed by atoms with Crippen molar-refractivity contribution in [3.63, 3.8) is 0 Å². The van der Waals surface area contributed by atoms with Gasteiger partial charge in [-0.05, 0) is 24.3 Å². The Morgan fingerprint density at radius 1 is 1.03 bits per heavy atom. The lowest BCUT2D eigenvalue weighted by Gasteiger charge is -2.11. The van der Waals surface area contributed by atoms with E-state index in [0.717, 1.165) is 0 Å². The minimum Gasteiger partial charge on any atom is -0.465 e. The Balaban J connectivity index is 1.92. The second-order valence-corrected chi connectivity index (χ2v) is 6.47. The van der Waals surface area contributed by atoms with Gasteiger partial charge < -0.3 is 14.2 Å². The monoisotopic (exact) mass is 423 g/mol. The topological polar surface area (TPSA) is 127 Å². The SMILES string of the molecule is COCc1nc2ncc3c(=O)n(-c4cc(C(=O)OC)cc(C(=O)OC)c4)ccc3n2n1. The van der Waals surface area contributed by atoms with Crippen molar-refractivity contribution in [3.05, 3.63) is 64.0 Å². The summed E-state index contributed by atoms with van der Waals surface area (Å²) in [7, 11) is 3.98. The van der Waals surface area contributed by atoms with Crippen LogP contribution in [0, 0.1) is 0 Å². The van der Waals surface area contributed by atoms with Crippen LogP contribution in [0.2, 0.25) is 0 Å². The van der Waals surface area contributed by atoms with Crippen molar-refractivity contribution in [1.29, 1.82) is 0 Å². The number of pyridine rings is 1. The molecule has 4 rings (SSSR count). The molecule has 4 aromatic rings. The molecule has 0 fully saturated rings. The fourth-order valence-electron chi connectivity index (χ4n) is 3.18. The van der Waals surface area contributed by atoms with Crippen molar-refractivity contribution in [3.8, 4) is 5.69 Å². The van der Waals surface area contributed by atoms with Gasteiger partial charge in [-0.25, -0.2) is 14.6 Å². The molecule has 0 atom stereocenters. The number of carbonyl (C=O) groups excluding carboxylic acids is 2. The van der Waals surface area contributed by atoms with Crippen LogP contribution in [0.25, 0.3) is 22.4 Å². The molecular weight excluding hydrogens is 406 g/mol. The van der Waals surface area contributed by atoms with Crippen LogP contribution < -0.4 is 5.56 Å². The first-order chi connectivity index (χ1) is 15.0. The molecule has 0 saturated heterocycles. The highest BCUT2D eigenvalue weighted by Crippen LogP contribution is 2.18. The maximum atomic E-state index is 13.2. The average Bonchev–Trinajstić information content (AvgIpc) is 3.21. The van der Waals surface area contributed by atoms with Gasteiger partial charge in [0.15, 0.2) is 5.82 Å². The third-order valence-corrected chi connectivity index (χ3v) is 4.59. The lowest BCUT2D eigenvalue weighted by molar-refractivity contribution is 0.0599. The number of benzene rings is 1. The van der Waals surface area contributed by atoms with E-state index < -0.39 is 17.5 Å². The lowest BCUT2D eigenvalue weighted by atomic mass is 10.1. The Morgan fingerprint density at radius 3 is 2.32 bits per heavy atom. The average molecular weight is 423 g/mol. The molecule has 0 aliphatic heterocycles. The molecule has 31 heavy (non-hydrogen) atoms. The first-order valence-electron chi connectivity index (χ1n) is 9.04. The van der Waals surface area contributed by atoms with Crippen LogP contribution in [-0.4, -0.2) is 57.4 Å². The van der Waals surface area contributed by atoms with Gasteiger partial charge in [-0.3, -0.25) is 9.36 Å². The number of fused-ring (bicyclic) bond motifs is 3. The first-order valence-corrected chi connectivity index (χ1v) is 9.04. The molecule has 11 heteroatoms. The van der Waals surface area contributed by atoms with E-state index in [-0.39, 0.29) is 28.8 Å². The third kappa shape index (κ3) is 3.51. The summed E-state index contributed by atoms with van der Waals surface area (Å²) in [6.07, 6.45) is 2.92. The Hall–Kier alpha value is -4.12. The Kier molecular flexibility index (Phi) is 5.17. The van der Waals surface area contributed by atoms with Crippen LogP contribution in [0.1, 0.15) is 26.5 Å². The molecule has 0 spiro atoms. The molecule has 11 nitrogen and oxygen atoms in total. The smallest absolute Gasteiger partial charge is 0.337 e. The first kappa shape index (κ1) is 20.2. The highest BCUT2D eigenvalue weighted by atomic mass is 16.5. The summed E-state index contributed by atoms with van der Waals surface area (Å²) in [5.41, 5.74) is 0.559. The molecule has 1 aromatic carbocycles. The minimum absolute atomic E-state index is 0.0986. The van der Waals surface area contributed by atoms with Crippen LogP contribution in [0.5, 0.6) is 0 Å². The Morgan fingerprint density at radius 2 is 1.71 bits per heavy atom. The van der Waals surface area contributed by atoms with Crippen molar-refractivity contribution >= 4 is 28.6 Å². The van der Waals surface area contributed by atoms with E-state index in [1.807, 2.05) is 0 Å². The van der Waals surface area contributed by atoms with Gasteiger partial charge in [-0.1, -0.05) is 0 Å². The standard InChI is InChI=1S/C20H17N5O6/c1-29-10-16-22-20-21-9-14-15(25(20)23-16)4-5-24(17(14)26)13-7-11(18(27)30-2)6-12(8-13)19(28)31-3/h4-9H,10H2,1-3H3. The number of methoxy groups -OCH3 is 3. The second-order valence-electron chi connectivity index (χ2n) is 6.47. The molecule has 0 radical (unpaired) electrons. The van der Waals surface area contributed by atoms with Gasteiger partial charge >= 0.3 is 11.9 Å². The number of carbonyl (C=O) groups is 2. The number of rotatable bonds is 5. The van der Waals surface area contributed by atoms with Gasteiger partial charge in [0.2, 0.25) is 0 Å². The molecule has 0 N–H and O–H groups in total. The zero-order chi connectivity index (χ0) is 22.1. The van der Waals surface area contributed by atoms with E-state index in [0.29, 0.717) is 17.1 Å². The molecule has 0 aliphatic carbocycles. The van der Waals surface area contributed by atoms with Gasteiger partial charge in [0.1, 0.15) is 6.61 Å². The van der Waals surface area contributed by atoms with E-state index in [1.54, 1.807) is 6.07 Å². The van der Waals surface area contributed by atoms with Crippen LogP contribution in [0.4, 0.5) is 0 Å². The van der Waals surface area contributed by atoms with E-state index in [4.69, 9.17) is 14.2 Å². The molecule has 3 heterocycles. The summed E-state index contributed by atoms with van der Waals surface area (Å²) >= 11 is 0. The van der Waals surface area contributed by atoms with Crippen molar-refractivity contribution < 1.29 is 23.8 Å². The quantitative estimate of drug-likeness (QED) is 0.434. The van der Waals surface area contributed by atoms with Crippen molar-refractivity contribution in [2.45, 2.75) is 6.61 Å². The summed E-state index contributed by atoms with van der Waals surface area (Å²) in [6.45, 7) is 0.207. The van der Waals surface area contributed by atoms with Crippen molar-refractivity contribution in [2.24, 2.45) is 0 Å². The molecule has 3 aromatic heterocycles. The zero-order valence-corrected chi connectivity index (χ0v) is 16.9. The van der Waals surface area contributed by atoms with E-state index in [2.05, 4.69) is 15.1 Å². The van der Waals surface area contributed by atoms with E-state index in [9.17, 15) is 14.4 Å². The van der Waals surface area contributed by atoms with Gasteiger partial charge in [-0.15, -0.1) is 5.10 Å². The third-order valence-electron chi connectivity index (χ3n) is 4.59. The van der Waals surface area contributed by atoms with Gasteiger partial charge in [0, 0.05) is 19.5 Å². The summed E-state index contributed by atoms with van der Waals surface area (Å²) in [5.74, 6) is -0.549. The maximum Gasteiger partial charge on any atom is 0.337 e. The molecular formula is C20H17N5O6.